The molecule has 1 amide bonds. The Morgan fingerprint density at radius 1 is 0.955 bits per heavy atom. The maximum absolute atomic E-state index is 13.6. The maximum Gasteiger partial charge on any atom is 0.416 e. The summed E-state index contributed by atoms with van der Waals surface area (Å²) in [4.78, 5) is 28.6. The van der Waals surface area contributed by atoms with Crippen molar-refractivity contribution in [3.8, 4) is 11.5 Å². The molecule has 1 aromatic heterocycles. The molecule has 0 bridgehead atoms. The van der Waals surface area contributed by atoms with Gasteiger partial charge in [-0.2, -0.15) is 18.3 Å². The molecule has 1 unspecified atom stereocenters. The second kappa shape index (κ2) is 12.4. The van der Waals surface area contributed by atoms with E-state index in [1.165, 1.54) is 12.1 Å². The number of likely N-dealkylation sites (tertiary alicyclic amines) is 1. The second-order valence-corrected chi connectivity index (χ2v) is 12.6. The smallest absolute Gasteiger partial charge is 0.416 e. The number of hydrogen-bond donors (Lipinski definition) is 1. The van der Waals surface area contributed by atoms with Crippen LogP contribution < -0.4 is 10.1 Å². The minimum atomic E-state index is -4.41. The number of nitrogens with one attached hydrogen (secondary N) is 1. The van der Waals surface area contributed by atoms with Crippen molar-refractivity contribution in [1.29, 1.82) is 0 Å². The zero-order valence-electron chi connectivity index (χ0n) is 25.4. The number of fused-ring (bicyclic) bond motifs is 1. The van der Waals surface area contributed by atoms with Crippen LogP contribution in [0.4, 0.5) is 13.2 Å². The van der Waals surface area contributed by atoms with Gasteiger partial charge < -0.3 is 10.1 Å². The van der Waals surface area contributed by atoms with Crippen LogP contribution in [0, 0.1) is 12.3 Å². The number of carbonyl (C=O) groups excluding carboxylic acids is 2. The Kier molecular flexibility index (Phi) is 8.83. The van der Waals surface area contributed by atoms with E-state index in [1.807, 2.05) is 29.9 Å². The Hall–Kier alpha value is -4.18. The molecule has 5 rings (SSSR count). The van der Waals surface area contributed by atoms with E-state index in [9.17, 15) is 22.8 Å². The first-order chi connectivity index (χ1) is 20.8. The van der Waals surface area contributed by atoms with Gasteiger partial charge in [-0.25, -0.2) is 0 Å². The number of carbonyl (C=O) groups is 2. The molecule has 2 heterocycles. The fraction of sp³-hybridized carbons (Fsp3) is 0.382. The van der Waals surface area contributed by atoms with Gasteiger partial charge in [0.1, 0.15) is 11.5 Å². The predicted molar refractivity (Wildman–Crippen MR) is 163 cm³/mol. The van der Waals surface area contributed by atoms with E-state index in [0.29, 0.717) is 30.1 Å². The first-order valence-electron chi connectivity index (χ1n) is 14.8. The fourth-order valence-electron chi connectivity index (χ4n) is 5.41. The van der Waals surface area contributed by atoms with Gasteiger partial charge >= 0.3 is 6.18 Å². The molecular formula is C34H37F3N4O3. The second-order valence-electron chi connectivity index (χ2n) is 12.6. The van der Waals surface area contributed by atoms with Crippen LogP contribution in [0.15, 0.2) is 66.9 Å². The molecule has 1 N–H and O–H groups in total. The third-order valence-electron chi connectivity index (χ3n) is 7.83. The minimum Gasteiger partial charge on any atom is -0.457 e. The summed E-state index contributed by atoms with van der Waals surface area (Å²) in [5.41, 5.74) is 2.05. The van der Waals surface area contributed by atoms with Crippen molar-refractivity contribution in [1.82, 2.24) is 20.0 Å². The minimum absolute atomic E-state index is 0.00326. The Morgan fingerprint density at radius 2 is 1.61 bits per heavy atom. The summed E-state index contributed by atoms with van der Waals surface area (Å²) in [6.45, 7) is 9.90. The normalized spacial score (nSPS) is 16.2. The molecule has 7 nitrogen and oxygen atoms in total. The SMILES string of the molecule is Cc1c(C(=O)NCC(C)(C)C)ccc2nn(CN3CCCCC3C(=O)c3ccc(Oc4ccc(C(F)(F)F)cc4)cc3)cc12. The van der Waals surface area contributed by atoms with Gasteiger partial charge in [0.25, 0.3) is 5.91 Å². The van der Waals surface area contributed by atoms with E-state index in [2.05, 4.69) is 31.0 Å². The van der Waals surface area contributed by atoms with E-state index in [0.717, 1.165) is 54.4 Å². The van der Waals surface area contributed by atoms with Gasteiger partial charge in [-0.05, 0) is 91.4 Å². The third-order valence-corrected chi connectivity index (χ3v) is 7.83. The van der Waals surface area contributed by atoms with Crippen molar-refractivity contribution in [2.24, 2.45) is 5.41 Å². The summed E-state index contributed by atoms with van der Waals surface area (Å²) in [5, 5.41) is 8.66. The Bertz CT molecular complexity index is 1640. The van der Waals surface area contributed by atoms with Crippen LogP contribution in [0.25, 0.3) is 10.9 Å². The molecule has 4 aromatic rings. The molecule has 0 spiro atoms. The highest BCUT2D eigenvalue weighted by Crippen LogP contribution is 2.32. The van der Waals surface area contributed by atoms with Crippen LogP contribution in [0.3, 0.4) is 0 Å². The number of aromatic nitrogens is 2. The Balaban J connectivity index is 1.27. The lowest BCUT2D eigenvalue weighted by molar-refractivity contribution is -0.137. The summed E-state index contributed by atoms with van der Waals surface area (Å²) in [6, 6.07) is 14.5. The number of ether oxygens (including phenoxy) is 1. The van der Waals surface area contributed by atoms with Crippen LogP contribution in [-0.4, -0.2) is 45.5 Å². The van der Waals surface area contributed by atoms with Crippen LogP contribution in [-0.2, 0) is 12.8 Å². The average Bonchev–Trinajstić information content (AvgIpc) is 3.39. The number of Topliss-reactive ketones (excluding diaryl/α,β-unsaturated/α-hetero) is 1. The lowest BCUT2D eigenvalue weighted by Gasteiger charge is -2.34. The van der Waals surface area contributed by atoms with Crippen molar-refractivity contribution in [2.75, 3.05) is 13.1 Å². The highest BCUT2D eigenvalue weighted by Gasteiger charge is 2.31. The third kappa shape index (κ3) is 7.30. The number of nitrogens with zero attached hydrogens (tertiary/aromatic N) is 3. The quantitative estimate of drug-likeness (QED) is 0.209. The van der Waals surface area contributed by atoms with Crippen molar-refractivity contribution >= 4 is 22.6 Å². The number of alkyl halides is 3. The molecule has 1 saturated heterocycles. The standard InChI is InChI=1S/C34H37F3N4O3/c1-22-27(32(43)38-20-33(2,3)4)16-17-29-28(22)19-41(39-29)21-40-18-6-5-7-30(40)31(42)23-8-12-25(13-9-23)44-26-14-10-24(11-15-26)34(35,36)37/h8-17,19,30H,5-7,18,20-21H2,1-4H3,(H,38,43). The van der Waals surface area contributed by atoms with Crippen LogP contribution >= 0.6 is 0 Å². The number of halogens is 3. The zero-order chi connectivity index (χ0) is 31.6. The number of amides is 1. The predicted octanol–water partition coefficient (Wildman–Crippen LogP) is 7.63. The molecule has 0 aliphatic carbocycles. The Morgan fingerprint density at radius 3 is 2.25 bits per heavy atom. The van der Waals surface area contributed by atoms with Gasteiger partial charge in [-0.15, -0.1) is 0 Å². The number of piperidine rings is 1. The number of ketones is 1. The van der Waals surface area contributed by atoms with Crippen LogP contribution in [0.1, 0.15) is 71.9 Å². The van der Waals surface area contributed by atoms with E-state index in [4.69, 9.17) is 9.84 Å². The number of aryl methyl sites for hydroxylation is 1. The molecule has 1 atom stereocenters. The highest BCUT2D eigenvalue weighted by molar-refractivity contribution is 6.01. The molecular weight excluding hydrogens is 569 g/mol. The fourth-order valence-corrected chi connectivity index (χ4v) is 5.41. The maximum atomic E-state index is 13.6. The van der Waals surface area contributed by atoms with Crippen molar-refractivity contribution in [3.63, 3.8) is 0 Å². The van der Waals surface area contributed by atoms with Crippen molar-refractivity contribution < 1.29 is 27.5 Å². The monoisotopic (exact) mass is 606 g/mol. The lowest BCUT2D eigenvalue weighted by Crippen LogP contribution is -2.45. The molecule has 1 aliphatic rings. The molecule has 1 aliphatic heterocycles. The van der Waals surface area contributed by atoms with Crippen molar-refractivity contribution in [3.05, 3.63) is 89.1 Å². The number of rotatable bonds is 8. The van der Waals surface area contributed by atoms with E-state index in [1.54, 1.807) is 24.3 Å². The lowest BCUT2D eigenvalue weighted by atomic mass is 9.94. The summed E-state index contributed by atoms with van der Waals surface area (Å²) in [6.07, 6.45) is 0.164. The van der Waals surface area contributed by atoms with Crippen LogP contribution in [0.5, 0.6) is 11.5 Å². The molecule has 44 heavy (non-hydrogen) atoms. The van der Waals surface area contributed by atoms with E-state index < -0.39 is 11.7 Å². The van der Waals surface area contributed by atoms with E-state index >= 15 is 0 Å². The topological polar surface area (TPSA) is 76.5 Å². The molecule has 0 saturated carbocycles. The molecule has 10 heteroatoms. The summed E-state index contributed by atoms with van der Waals surface area (Å²) in [7, 11) is 0. The van der Waals surface area contributed by atoms with Gasteiger partial charge in [-0.1, -0.05) is 27.2 Å². The molecule has 3 aromatic carbocycles. The van der Waals surface area contributed by atoms with Crippen LogP contribution in [0.2, 0.25) is 0 Å². The molecule has 232 valence electrons. The first-order valence-corrected chi connectivity index (χ1v) is 14.8. The average molecular weight is 607 g/mol. The highest BCUT2D eigenvalue weighted by atomic mass is 19.4. The summed E-state index contributed by atoms with van der Waals surface area (Å²) >= 11 is 0. The first kappa shape index (κ1) is 31.3. The zero-order valence-corrected chi connectivity index (χ0v) is 25.4. The number of benzene rings is 3. The molecule has 0 radical (unpaired) electrons. The Labute approximate surface area is 255 Å². The van der Waals surface area contributed by atoms with Crippen molar-refractivity contribution in [2.45, 2.75) is 65.8 Å². The summed E-state index contributed by atoms with van der Waals surface area (Å²) < 4.78 is 46.0. The van der Waals surface area contributed by atoms with Gasteiger partial charge in [0, 0.05) is 35.8 Å². The van der Waals surface area contributed by atoms with Gasteiger partial charge in [-0.3, -0.25) is 19.2 Å². The van der Waals surface area contributed by atoms with Gasteiger partial charge in [0.05, 0.1) is 23.8 Å². The number of hydrogen-bond acceptors (Lipinski definition) is 5. The van der Waals surface area contributed by atoms with Gasteiger partial charge in [0.2, 0.25) is 0 Å². The van der Waals surface area contributed by atoms with Gasteiger partial charge in [0.15, 0.2) is 5.78 Å². The summed E-state index contributed by atoms with van der Waals surface area (Å²) in [5.74, 6) is 0.586. The molecule has 1 fully saturated rings. The van der Waals surface area contributed by atoms with E-state index in [-0.39, 0.29) is 28.9 Å². The largest absolute Gasteiger partial charge is 0.457 e.